The number of aryl methyl sites for hydroxylation is 1. The van der Waals surface area contributed by atoms with Crippen LogP contribution in [0.3, 0.4) is 0 Å². The zero-order valence-electron chi connectivity index (χ0n) is 10.9. The van der Waals surface area contributed by atoms with Gasteiger partial charge < -0.3 is 0 Å². The molecule has 2 aromatic carbocycles. The molecule has 0 bridgehead atoms. The summed E-state index contributed by atoms with van der Waals surface area (Å²) < 4.78 is 26.8. The van der Waals surface area contributed by atoms with E-state index < -0.39 is 11.6 Å². The molecule has 0 atom stereocenters. The monoisotopic (exact) mass is 258 g/mol. The molecule has 3 rings (SSSR count). The van der Waals surface area contributed by atoms with Crippen LogP contribution in [0.4, 0.5) is 8.78 Å². The van der Waals surface area contributed by atoms with E-state index in [-0.39, 0.29) is 0 Å². The lowest BCUT2D eigenvalue weighted by molar-refractivity contribution is 0.584. The van der Waals surface area contributed by atoms with Crippen LogP contribution in [-0.4, -0.2) is 0 Å². The van der Waals surface area contributed by atoms with Gasteiger partial charge in [0.1, 0.15) is 11.6 Å². The van der Waals surface area contributed by atoms with Crippen molar-refractivity contribution in [3.8, 4) is 11.1 Å². The van der Waals surface area contributed by atoms with E-state index in [9.17, 15) is 8.78 Å². The van der Waals surface area contributed by atoms with Crippen molar-refractivity contribution in [1.82, 2.24) is 0 Å². The Hall–Kier alpha value is -1.70. The summed E-state index contributed by atoms with van der Waals surface area (Å²) in [4.78, 5) is 0. The molecule has 0 aliphatic heterocycles. The molecule has 0 aromatic heterocycles. The Kier molecular flexibility index (Phi) is 3.09. The van der Waals surface area contributed by atoms with E-state index in [1.807, 2.05) is 12.1 Å². The van der Waals surface area contributed by atoms with Crippen LogP contribution >= 0.6 is 0 Å². The molecule has 1 saturated carbocycles. The SMILES string of the molecule is CCc1cccc(-c2cc(F)cc(F)c2)c1C1CC1. The second kappa shape index (κ2) is 4.76. The van der Waals surface area contributed by atoms with Crippen LogP contribution in [0, 0.1) is 11.6 Å². The van der Waals surface area contributed by atoms with E-state index in [0.717, 1.165) is 18.1 Å². The molecule has 0 radical (unpaired) electrons. The summed E-state index contributed by atoms with van der Waals surface area (Å²) in [5.74, 6) is -0.463. The summed E-state index contributed by atoms with van der Waals surface area (Å²) in [6, 6.07) is 9.83. The fourth-order valence-corrected chi connectivity index (χ4v) is 2.74. The summed E-state index contributed by atoms with van der Waals surface area (Å²) in [5, 5.41) is 0. The van der Waals surface area contributed by atoms with Crippen LogP contribution in [0.25, 0.3) is 11.1 Å². The van der Waals surface area contributed by atoms with Crippen LogP contribution in [-0.2, 0) is 6.42 Å². The average molecular weight is 258 g/mol. The second-order valence-corrected chi connectivity index (χ2v) is 5.16. The molecule has 0 unspecified atom stereocenters. The van der Waals surface area contributed by atoms with Gasteiger partial charge in [-0.2, -0.15) is 0 Å². The first kappa shape index (κ1) is 12.3. The first-order valence-corrected chi connectivity index (χ1v) is 6.77. The normalized spacial score (nSPS) is 14.7. The molecule has 1 aliphatic carbocycles. The zero-order chi connectivity index (χ0) is 13.4. The molecule has 0 amide bonds. The van der Waals surface area contributed by atoms with Gasteiger partial charge in [-0.3, -0.25) is 0 Å². The first-order chi connectivity index (χ1) is 9.19. The van der Waals surface area contributed by atoms with E-state index in [1.54, 1.807) is 0 Å². The number of benzene rings is 2. The number of halogens is 2. The molecular formula is C17H16F2. The maximum Gasteiger partial charge on any atom is 0.126 e. The topological polar surface area (TPSA) is 0 Å². The molecule has 1 fully saturated rings. The molecule has 2 heteroatoms. The Morgan fingerprint density at radius 3 is 2.32 bits per heavy atom. The highest BCUT2D eigenvalue weighted by Gasteiger charge is 2.28. The van der Waals surface area contributed by atoms with Gasteiger partial charge in [0.05, 0.1) is 0 Å². The third-order valence-electron chi connectivity index (χ3n) is 3.74. The minimum absolute atomic E-state index is 0.515. The molecule has 0 spiro atoms. The summed E-state index contributed by atoms with van der Waals surface area (Å²) >= 11 is 0. The van der Waals surface area contributed by atoms with Crippen molar-refractivity contribution in [2.45, 2.75) is 32.1 Å². The molecule has 0 heterocycles. The van der Waals surface area contributed by atoms with Crippen molar-refractivity contribution in [2.24, 2.45) is 0 Å². The van der Waals surface area contributed by atoms with Gasteiger partial charge in [0.2, 0.25) is 0 Å². The van der Waals surface area contributed by atoms with E-state index in [4.69, 9.17) is 0 Å². The summed E-state index contributed by atoms with van der Waals surface area (Å²) in [6.07, 6.45) is 3.32. The quantitative estimate of drug-likeness (QED) is 0.721. The molecule has 2 aromatic rings. The van der Waals surface area contributed by atoms with Crippen molar-refractivity contribution in [3.05, 3.63) is 59.2 Å². The zero-order valence-corrected chi connectivity index (χ0v) is 10.9. The Labute approximate surface area is 112 Å². The van der Waals surface area contributed by atoms with E-state index in [0.29, 0.717) is 11.5 Å². The third-order valence-corrected chi connectivity index (χ3v) is 3.74. The van der Waals surface area contributed by atoms with Crippen molar-refractivity contribution in [3.63, 3.8) is 0 Å². The predicted molar refractivity (Wildman–Crippen MR) is 73.1 cm³/mol. The van der Waals surface area contributed by atoms with Gasteiger partial charge in [0, 0.05) is 6.07 Å². The Balaban J connectivity index is 2.18. The maximum atomic E-state index is 13.4. The largest absolute Gasteiger partial charge is 0.207 e. The van der Waals surface area contributed by atoms with Crippen LogP contribution in [0.1, 0.15) is 36.8 Å². The fraction of sp³-hybridized carbons (Fsp3) is 0.294. The lowest BCUT2D eigenvalue weighted by Gasteiger charge is -2.14. The van der Waals surface area contributed by atoms with Gasteiger partial charge in [-0.15, -0.1) is 0 Å². The van der Waals surface area contributed by atoms with Crippen molar-refractivity contribution >= 4 is 0 Å². The summed E-state index contributed by atoms with van der Waals surface area (Å²) in [6.45, 7) is 2.12. The van der Waals surface area contributed by atoms with Crippen LogP contribution in [0.15, 0.2) is 36.4 Å². The van der Waals surface area contributed by atoms with E-state index >= 15 is 0 Å². The number of rotatable bonds is 3. The highest BCUT2D eigenvalue weighted by molar-refractivity contribution is 5.70. The third kappa shape index (κ3) is 2.40. The molecule has 19 heavy (non-hydrogen) atoms. The summed E-state index contributed by atoms with van der Waals surface area (Å²) in [5.41, 5.74) is 4.22. The lowest BCUT2D eigenvalue weighted by Crippen LogP contribution is -1.95. The molecule has 1 aliphatic rings. The van der Waals surface area contributed by atoms with Gasteiger partial charge in [0.25, 0.3) is 0 Å². The predicted octanol–water partition coefficient (Wildman–Crippen LogP) is 5.07. The molecule has 0 saturated heterocycles. The number of hydrogen-bond acceptors (Lipinski definition) is 0. The van der Waals surface area contributed by atoms with E-state index in [1.165, 1.54) is 36.1 Å². The smallest absolute Gasteiger partial charge is 0.126 e. The van der Waals surface area contributed by atoms with Gasteiger partial charge in [-0.1, -0.05) is 25.1 Å². The van der Waals surface area contributed by atoms with Gasteiger partial charge in [-0.05, 0) is 59.6 Å². The molecule has 98 valence electrons. The lowest BCUT2D eigenvalue weighted by atomic mass is 9.91. The minimum Gasteiger partial charge on any atom is -0.207 e. The number of hydrogen-bond donors (Lipinski definition) is 0. The highest BCUT2D eigenvalue weighted by Crippen LogP contribution is 2.46. The van der Waals surface area contributed by atoms with Crippen molar-refractivity contribution in [2.75, 3.05) is 0 Å². The maximum absolute atomic E-state index is 13.4. The fourth-order valence-electron chi connectivity index (χ4n) is 2.74. The average Bonchev–Trinajstić information content (AvgIpc) is 3.20. The Morgan fingerprint density at radius 2 is 1.74 bits per heavy atom. The van der Waals surface area contributed by atoms with Crippen LogP contribution < -0.4 is 0 Å². The standard InChI is InChI=1S/C17H16F2/c1-2-11-4-3-5-16(17(11)12-6-7-12)13-8-14(18)10-15(19)9-13/h3-5,8-10,12H,2,6-7H2,1H3. The second-order valence-electron chi connectivity index (χ2n) is 5.16. The Morgan fingerprint density at radius 1 is 1.05 bits per heavy atom. The van der Waals surface area contributed by atoms with E-state index in [2.05, 4.69) is 13.0 Å². The summed E-state index contributed by atoms with van der Waals surface area (Å²) in [7, 11) is 0. The van der Waals surface area contributed by atoms with Crippen LogP contribution in [0.5, 0.6) is 0 Å². The van der Waals surface area contributed by atoms with Gasteiger partial charge in [-0.25, -0.2) is 8.78 Å². The van der Waals surface area contributed by atoms with Crippen molar-refractivity contribution in [1.29, 1.82) is 0 Å². The van der Waals surface area contributed by atoms with Gasteiger partial charge >= 0.3 is 0 Å². The van der Waals surface area contributed by atoms with Gasteiger partial charge in [0.15, 0.2) is 0 Å². The minimum atomic E-state index is -0.515. The molecule has 0 N–H and O–H groups in total. The molecular weight excluding hydrogens is 242 g/mol. The van der Waals surface area contributed by atoms with Crippen molar-refractivity contribution < 1.29 is 8.78 Å². The first-order valence-electron chi connectivity index (χ1n) is 6.77. The molecule has 0 nitrogen and oxygen atoms in total. The van der Waals surface area contributed by atoms with Crippen LogP contribution in [0.2, 0.25) is 0 Å². The Bertz CT molecular complexity index is 592. The highest BCUT2D eigenvalue weighted by atomic mass is 19.1.